The normalized spacial score (nSPS) is 19.6. The van der Waals surface area contributed by atoms with Crippen LogP contribution in [0.2, 0.25) is 0 Å². The smallest absolute Gasteiger partial charge is 0.308 e. The van der Waals surface area contributed by atoms with Gasteiger partial charge in [-0.05, 0) is 31.9 Å². The Kier molecular flexibility index (Phi) is 4.68. The molecule has 2 atom stereocenters. The molecule has 2 N–H and O–H groups in total. The van der Waals surface area contributed by atoms with Gasteiger partial charge in [-0.1, -0.05) is 30.3 Å². The lowest BCUT2D eigenvalue weighted by molar-refractivity contribution is -0.141. The maximum atomic E-state index is 13.0. The summed E-state index contributed by atoms with van der Waals surface area (Å²) in [5.41, 5.74) is 3.09. The molecule has 3 rings (SSSR count). The van der Waals surface area contributed by atoms with Gasteiger partial charge in [0, 0.05) is 30.3 Å². The molecule has 6 heteroatoms. The number of carbonyl (C=O) groups excluding carboxylic acids is 2. The highest BCUT2D eigenvalue weighted by atomic mass is 16.4. The van der Waals surface area contributed by atoms with Gasteiger partial charge in [0.25, 0.3) is 5.91 Å². The SMILES string of the molecule is CC(=O)c1c(C)[nH]c(C(=O)N2CC(C(=O)O)C(c3ccccc3)C2)c1C. The number of carbonyl (C=O) groups is 3. The first-order valence-corrected chi connectivity index (χ1v) is 8.58. The average molecular weight is 354 g/mol. The van der Waals surface area contributed by atoms with Crippen LogP contribution in [0.25, 0.3) is 0 Å². The Bertz CT molecular complexity index is 869. The van der Waals surface area contributed by atoms with E-state index < -0.39 is 11.9 Å². The number of ketones is 1. The van der Waals surface area contributed by atoms with Gasteiger partial charge in [-0.25, -0.2) is 0 Å². The minimum Gasteiger partial charge on any atom is -0.481 e. The van der Waals surface area contributed by atoms with Crippen LogP contribution < -0.4 is 0 Å². The zero-order valence-corrected chi connectivity index (χ0v) is 15.1. The Hall–Kier alpha value is -2.89. The second kappa shape index (κ2) is 6.78. The van der Waals surface area contributed by atoms with Crippen LogP contribution in [0.5, 0.6) is 0 Å². The standard InChI is InChI=1S/C20H22N2O4/c1-11-17(13(3)23)12(2)21-18(11)19(24)22-9-15(16(10-22)20(25)26)14-7-5-4-6-8-14/h4-8,15-16,21H,9-10H2,1-3H3,(H,25,26). The highest BCUT2D eigenvalue weighted by Gasteiger charge is 2.41. The van der Waals surface area contributed by atoms with Crippen molar-refractivity contribution >= 4 is 17.7 Å². The van der Waals surface area contributed by atoms with E-state index in [0.717, 1.165) is 5.56 Å². The number of H-pyrrole nitrogens is 1. The number of aliphatic carboxylic acids is 1. The van der Waals surface area contributed by atoms with Crippen molar-refractivity contribution in [1.82, 2.24) is 9.88 Å². The zero-order valence-electron chi connectivity index (χ0n) is 15.1. The number of amides is 1. The molecule has 1 aliphatic heterocycles. The van der Waals surface area contributed by atoms with Crippen molar-refractivity contribution in [2.24, 2.45) is 5.92 Å². The third-order valence-electron chi connectivity index (χ3n) is 5.16. The largest absolute Gasteiger partial charge is 0.481 e. The Morgan fingerprint density at radius 2 is 1.77 bits per heavy atom. The summed E-state index contributed by atoms with van der Waals surface area (Å²) in [7, 11) is 0. The van der Waals surface area contributed by atoms with E-state index in [2.05, 4.69) is 4.98 Å². The van der Waals surface area contributed by atoms with E-state index >= 15 is 0 Å². The molecule has 2 unspecified atom stereocenters. The molecule has 2 heterocycles. The number of hydrogen-bond donors (Lipinski definition) is 2. The third kappa shape index (κ3) is 3.03. The monoisotopic (exact) mass is 354 g/mol. The van der Waals surface area contributed by atoms with Crippen LogP contribution in [-0.2, 0) is 4.79 Å². The summed E-state index contributed by atoms with van der Waals surface area (Å²) in [6.07, 6.45) is 0. The van der Waals surface area contributed by atoms with E-state index in [-0.39, 0.29) is 24.2 Å². The molecule has 0 saturated carbocycles. The number of carboxylic acid groups (broad SMARTS) is 1. The van der Waals surface area contributed by atoms with E-state index in [1.807, 2.05) is 30.3 Å². The number of hydrogen-bond acceptors (Lipinski definition) is 3. The second-order valence-corrected chi connectivity index (χ2v) is 6.85. The number of nitrogens with zero attached hydrogens (tertiary/aromatic N) is 1. The number of rotatable bonds is 4. The van der Waals surface area contributed by atoms with Crippen molar-refractivity contribution in [3.8, 4) is 0 Å². The number of Topliss-reactive ketones (excluding diaryl/α,β-unsaturated/α-hetero) is 1. The van der Waals surface area contributed by atoms with Crippen LogP contribution >= 0.6 is 0 Å². The number of carboxylic acids is 1. The fourth-order valence-electron chi connectivity index (χ4n) is 3.91. The van der Waals surface area contributed by atoms with Crippen molar-refractivity contribution in [3.05, 3.63) is 58.4 Å². The Labute approximate surface area is 151 Å². The molecule has 26 heavy (non-hydrogen) atoms. The fraction of sp³-hybridized carbons (Fsp3) is 0.350. The van der Waals surface area contributed by atoms with Crippen LogP contribution in [0, 0.1) is 19.8 Å². The molecule has 1 aliphatic rings. The molecule has 0 aliphatic carbocycles. The van der Waals surface area contributed by atoms with Crippen LogP contribution in [0.4, 0.5) is 0 Å². The molecule has 1 aromatic carbocycles. The molecule has 1 fully saturated rings. The van der Waals surface area contributed by atoms with Gasteiger partial charge in [0.05, 0.1) is 5.92 Å². The first kappa shape index (κ1) is 17.9. The molecule has 0 bridgehead atoms. The molecule has 0 radical (unpaired) electrons. The van der Waals surface area contributed by atoms with Gasteiger partial charge in [-0.2, -0.15) is 0 Å². The van der Waals surface area contributed by atoms with Gasteiger partial charge in [0.2, 0.25) is 0 Å². The number of benzene rings is 1. The van der Waals surface area contributed by atoms with Crippen molar-refractivity contribution in [2.75, 3.05) is 13.1 Å². The molecule has 136 valence electrons. The third-order valence-corrected chi connectivity index (χ3v) is 5.16. The average Bonchev–Trinajstić information content (AvgIpc) is 3.16. The number of aromatic nitrogens is 1. The zero-order chi connectivity index (χ0) is 19.0. The number of aromatic amines is 1. The lowest BCUT2D eigenvalue weighted by Gasteiger charge is -2.16. The van der Waals surface area contributed by atoms with E-state index in [1.54, 1.807) is 18.7 Å². The van der Waals surface area contributed by atoms with E-state index in [4.69, 9.17) is 0 Å². The number of likely N-dealkylation sites (tertiary alicyclic amines) is 1. The number of nitrogens with one attached hydrogen (secondary N) is 1. The van der Waals surface area contributed by atoms with Gasteiger partial charge >= 0.3 is 5.97 Å². The molecule has 1 saturated heterocycles. The minimum atomic E-state index is -0.905. The highest BCUT2D eigenvalue weighted by Crippen LogP contribution is 2.34. The summed E-state index contributed by atoms with van der Waals surface area (Å²) in [4.78, 5) is 41.1. The summed E-state index contributed by atoms with van der Waals surface area (Å²) in [6.45, 7) is 5.47. The van der Waals surface area contributed by atoms with E-state index in [0.29, 0.717) is 29.1 Å². The lowest BCUT2D eigenvalue weighted by atomic mass is 9.89. The summed E-state index contributed by atoms with van der Waals surface area (Å²) in [5.74, 6) is -2.16. The van der Waals surface area contributed by atoms with Gasteiger partial charge in [-0.3, -0.25) is 14.4 Å². The summed E-state index contributed by atoms with van der Waals surface area (Å²) in [6, 6.07) is 9.41. The molecule has 0 spiro atoms. The Morgan fingerprint density at radius 1 is 1.12 bits per heavy atom. The van der Waals surface area contributed by atoms with Gasteiger partial charge in [0.1, 0.15) is 5.69 Å². The van der Waals surface area contributed by atoms with Gasteiger partial charge in [-0.15, -0.1) is 0 Å². The lowest BCUT2D eigenvalue weighted by Crippen LogP contribution is -2.30. The topological polar surface area (TPSA) is 90.5 Å². The maximum absolute atomic E-state index is 13.0. The van der Waals surface area contributed by atoms with Crippen molar-refractivity contribution in [2.45, 2.75) is 26.7 Å². The number of aryl methyl sites for hydroxylation is 1. The van der Waals surface area contributed by atoms with Crippen LogP contribution in [0.3, 0.4) is 0 Å². The Morgan fingerprint density at radius 3 is 2.31 bits per heavy atom. The Balaban J connectivity index is 1.91. The predicted molar refractivity (Wildman–Crippen MR) is 96.5 cm³/mol. The first-order chi connectivity index (χ1) is 12.3. The minimum absolute atomic E-state index is 0.0951. The summed E-state index contributed by atoms with van der Waals surface area (Å²) >= 11 is 0. The summed E-state index contributed by atoms with van der Waals surface area (Å²) < 4.78 is 0. The fourth-order valence-corrected chi connectivity index (χ4v) is 3.91. The molecular formula is C20H22N2O4. The summed E-state index contributed by atoms with van der Waals surface area (Å²) in [5, 5.41) is 9.60. The molecule has 6 nitrogen and oxygen atoms in total. The molecular weight excluding hydrogens is 332 g/mol. The van der Waals surface area contributed by atoms with Gasteiger partial charge < -0.3 is 15.0 Å². The first-order valence-electron chi connectivity index (χ1n) is 8.58. The van der Waals surface area contributed by atoms with Crippen molar-refractivity contribution < 1.29 is 19.5 Å². The van der Waals surface area contributed by atoms with Gasteiger partial charge in [0.15, 0.2) is 5.78 Å². The van der Waals surface area contributed by atoms with Crippen LogP contribution in [0.15, 0.2) is 30.3 Å². The highest BCUT2D eigenvalue weighted by molar-refractivity contribution is 6.02. The quantitative estimate of drug-likeness (QED) is 0.826. The van der Waals surface area contributed by atoms with Crippen molar-refractivity contribution in [3.63, 3.8) is 0 Å². The van der Waals surface area contributed by atoms with E-state index in [9.17, 15) is 19.5 Å². The molecule has 1 amide bonds. The predicted octanol–water partition coefficient (Wildman–Crippen LogP) is 2.77. The van der Waals surface area contributed by atoms with E-state index in [1.165, 1.54) is 6.92 Å². The van der Waals surface area contributed by atoms with Crippen LogP contribution in [0.1, 0.15) is 50.5 Å². The second-order valence-electron chi connectivity index (χ2n) is 6.85. The van der Waals surface area contributed by atoms with Crippen molar-refractivity contribution in [1.29, 1.82) is 0 Å². The van der Waals surface area contributed by atoms with Crippen LogP contribution in [-0.4, -0.2) is 45.7 Å². The maximum Gasteiger partial charge on any atom is 0.308 e. The molecule has 2 aromatic rings. The molecule has 1 aromatic heterocycles.